The minimum atomic E-state index is -0.973. The number of amides is 1. The van der Waals surface area contributed by atoms with Gasteiger partial charge in [0.2, 0.25) is 5.91 Å². The zero-order valence-electron chi connectivity index (χ0n) is 8.13. The third-order valence-corrected chi connectivity index (χ3v) is 1.38. The number of carboxylic acids is 1. The van der Waals surface area contributed by atoms with E-state index in [1.54, 1.807) is 0 Å². The van der Waals surface area contributed by atoms with Gasteiger partial charge >= 0.3 is 5.97 Å². The number of carbonyl (C=O) groups is 2. The zero-order chi connectivity index (χ0) is 9.72. The van der Waals surface area contributed by atoms with Crippen LogP contribution in [0.15, 0.2) is 0 Å². The second-order valence-electron chi connectivity index (χ2n) is 3.22. The molecule has 1 atom stereocenters. The molecule has 0 bridgehead atoms. The molecule has 0 heterocycles. The summed E-state index contributed by atoms with van der Waals surface area (Å²) in [6.07, 6.45) is 0.467. The van der Waals surface area contributed by atoms with Crippen molar-refractivity contribution in [2.45, 2.75) is 33.2 Å². The van der Waals surface area contributed by atoms with Crippen molar-refractivity contribution < 1.29 is 14.7 Å². The molecule has 0 aromatic heterocycles. The quantitative estimate of drug-likeness (QED) is 0.714. The molecule has 0 rings (SSSR count). The van der Waals surface area contributed by atoms with Gasteiger partial charge in [0.25, 0.3) is 0 Å². The van der Waals surface area contributed by atoms with Crippen molar-refractivity contribution in [2.24, 2.45) is 5.92 Å². The van der Waals surface area contributed by atoms with E-state index in [0.717, 1.165) is 0 Å². The van der Waals surface area contributed by atoms with Crippen LogP contribution in [0.2, 0.25) is 0 Å². The Labute approximate surface area is 85.2 Å². The Bertz CT molecular complexity index is 182. The van der Waals surface area contributed by atoms with Gasteiger partial charge in [0.15, 0.2) is 0 Å². The second-order valence-corrected chi connectivity index (χ2v) is 3.22. The molecule has 0 aliphatic heterocycles. The van der Waals surface area contributed by atoms with Gasteiger partial charge in [-0.3, -0.25) is 4.79 Å². The van der Waals surface area contributed by atoms with Crippen LogP contribution >= 0.6 is 13.5 Å². The van der Waals surface area contributed by atoms with Crippen LogP contribution in [0.25, 0.3) is 0 Å². The Hall–Kier alpha value is -0.710. The summed E-state index contributed by atoms with van der Waals surface area (Å²) in [6, 6.07) is -0.748. The van der Waals surface area contributed by atoms with Crippen molar-refractivity contribution in [3.05, 3.63) is 0 Å². The first-order valence-electron chi connectivity index (χ1n) is 3.93. The van der Waals surface area contributed by atoms with Crippen LogP contribution in [0.5, 0.6) is 0 Å². The molecule has 0 saturated carbocycles. The Morgan fingerprint density at radius 2 is 1.85 bits per heavy atom. The maximum Gasteiger partial charge on any atom is 0.326 e. The molecule has 0 aliphatic rings. The molecule has 0 fully saturated rings. The standard InChI is InChI=1S/C8H15NO3.H2S/c1-5(2)4-7(8(11)12)9-6(3)10;/h5,7H,4H2,1-3H3,(H,9,10)(H,11,12);1H2/t7-;/m0./s1. The number of carboxylic acid groups (broad SMARTS) is 1. The molecule has 5 heteroatoms. The number of hydrogen-bond donors (Lipinski definition) is 2. The van der Waals surface area contributed by atoms with Gasteiger partial charge in [-0.15, -0.1) is 0 Å². The van der Waals surface area contributed by atoms with Crippen molar-refractivity contribution in [2.75, 3.05) is 0 Å². The first-order valence-corrected chi connectivity index (χ1v) is 3.93. The van der Waals surface area contributed by atoms with Crippen molar-refractivity contribution in [1.82, 2.24) is 5.32 Å². The number of carbonyl (C=O) groups excluding carboxylic acids is 1. The van der Waals surface area contributed by atoms with E-state index >= 15 is 0 Å². The van der Waals surface area contributed by atoms with Crippen LogP contribution in [0.1, 0.15) is 27.2 Å². The van der Waals surface area contributed by atoms with Gasteiger partial charge < -0.3 is 10.4 Å². The fourth-order valence-electron chi connectivity index (χ4n) is 0.938. The van der Waals surface area contributed by atoms with E-state index in [0.29, 0.717) is 6.42 Å². The summed E-state index contributed by atoms with van der Waals surface area (Å²) in [4.78, 5) is 21.1. The highest BCUT2D eigenvalue weighted by molar-refractivity contribution is 7.59. The van der Waals surface area contributed by atoms with E-state index in [4.69, 9.17) is 5.11 Å². The highest BCUT2D eigenvalue weighted by Gasteiger charge is 2.18. The normalized spacial score (nSPS) is 11.7. The van der Waals surface area contributed by atoms with E-state index in [-0.39, 0.29) is 25.3 Å². The molecule has 0 saturated heterocycles. The van der Waals surface area contributed by atoms with E-state index < -0.39 is 12.0 Å². The Kier molecular flexibility index (Phi) is 7.70. The molecule has 78 valence electrons. The van der Waals surface area contributed by atoms with E-state index in [1.165, 1.54) is 6.92 Å². The van der Waals surface area contributed by atoms with Crippen molar-refractivity contribution in [3.63, 3.8) is 0 Å². The highest BCUT2D eigenvalue weighted by atomic mass is 32.1. The Morgan fingerprint density at radius 1 is 1.38 bits per heavy atom. The fraction of sp³-hybridized carbons (Fsp3) is 0.750. The number of rotatable bonds is 4. The Morgan fingerprint density at radius 3 is 2.08 bits per heavy atom. The molecule has 0 aromatic rings. The number of aliphatic carboxylic acids is 1. The minimum absolute atomic E-state index is 0. The highest BCUT2D eigenvalue weighted by Crippen LogP contribution is 2.04. The first kappa shape index (κ1) is 14.8. The van der Waals surface area contributed by atoms with Crippen molar-refractivity contribution in [3.8, 4) is 0 Å². The van der Waals surface area contributed by atoms with Crippen LogP contribution in [0.4, 0.5) is 0 Å². The van der Waals surface area contributed by atoms with Crippen LogP contribution in [-0.2, 0) is 9.59 Å². The van der Waals surface area contributed by atoms with E-state index in [2.05, 4.69) is 5.32 Å². The summed E-state index contributed by atoms with van der Waals surface area (Å²) in [6.45, 7) is 5.14. The molecular formula is C8H17NO3S. The van der Waals surface area contributed by atoms with Crippen molar-refractivity contribution >= 4 is 25.4 Å². The largest absolute Gasteiger partial charge is 0.480 e. The van der Waals surface area contributed by atoms with Gasteiger partial charge in [-0.05, 0) is 12.3 Å². The molecule has 2 N–H and O–H groups in total. The molecule has 0 spiro atoms. The number of hydrogen-bond acceptors (Lipinski definition) is 2. The molecule has 0 aromatic carbocycles. The summed E-state index contributed by atoms with van der Waals surface area (Å²) in [5.41, 5.74) is 0. The Balaban J connectivity index is 0. The van der Waals surface area contributed by atoms with Gasteiger partial charge in [0.1, 0.15) is 6.04 Å². The van der Waals surface area contributed by atoms with Crippen LogP contribution in [-0.4, -0.2) is 23.0 Å². The average molecular weight is 207 g/mol. The minimum Gasteiger partial charge on any atom is -0.480 e. The second kappa shape index (κ2) is 6.77. The number of nitrogens with one attached hydrogen (secondary N) is 1. The third-order valence-electron chi connectivity index (χ3n) is 1.38. The van der Waals surface area contributed by atoms with Gasteiger partial charge in [0, 0.05) is 6.92 Å². The van der Waals surface area contributed by atoms with Gasteiger partial charge in [-0.1, -0.05) is 13.8 Å². The van der Waals surface area contributed by atoms with Gasteiger partial charge in [-0.2, -0.15) is 13.5 Å². The lowest BCUT2D eigenvalue weighted by molar-refractivity contribution is -0.142. The molecular weight excluding hydrogens is 190 g/mol. The fourth-order valence-corrected chi connectivity index (χ4v) is 0.938. The molecule has 13 heavy (non-hydrogen) atoms. The SMILES string of the molecule is CC(=O)N[C@@H](CC(C)C)C(=O)O.S. The van der Waals surface area contributed by atoms with Gasteiger partial charge in [0.05, 0.1) is 0 Å². The third kappa shape index (κ3) is 7.64. The maximum absolute atomic E-state index is 10.6. The van der Waals surface area contributed by atoms with Crippen LogP contribution < -0.4 is 5.32 Å². The topological polar surface area (TPSA) is 66.4 Å². The van der Waals surface area contributed by atoms with Crippen LogP contribution in [0, 0.1) is 5.92 Å². The molecule has 0 unspecified atom stereocenters. The lowest BCUT2D eigenvalue weighted by Crippen LogP contribution is -2.40. The maximum atomic E-state index is 10.6. The molecule has 0 aliphatic carbocycles. The van der Waals surface area contributed by atoms with E-state index in [9.17, 15) is 9.59 Å². The summed E-state index contributed by atoms with van der Waals surface area (Å²) < 4.78 is 0. The predicted octanol–water partition coefficient (Wildman–Crippen LogP) is 0.735. The summed E-state index contributed by atoms with van der Waals surface area (Å²) in [5.74, 6) is -1.01. The summed E-state index contributed by atoms with van der Waals surface area (Å²) >= 11 is 0. The zero-order valence-corrected chi connectivity index (χ0v) is 9.13. The van der Waals surface area contributed by atoms with Gasteiger partial charge in [-0.25, -0.2) is 4.79 Å². The molecule has 1 amide bonds. The molecule has 0 radical (unpaired) electrons. The summed E-state index contributed by atoms with van der Waals surface area (Å²) in [5, 5.41) is 11.0. The van der Waals surface area contributed by atoms with Crippen LogP contribution in [0.3, 0.4) is 0 Å². The smallest absolute Gasteiger partial charge is 0.326 e. The predicted molar refractivity (Wildman–Crippen MR) is 55.1 cm³/mol. The summed E-state index contributed by atoms with van der Waals surface area (Å²) in [7, 11) is 0. The lowest BCUT2D eigenvalue weighted by Gasteiger charge is -2.14. The lowest BCUT2D eigenvalue weighted by atomic mass is 10.0. The first-order chi connectivity index (χ1) is 5.43. The van der Waals surface area contributed by atoms with E-state index in [1.807, 2.05) is 13.8 Å². The molecule has 4 nitrogen and oxygen atoms in total. The monoisotopic (exact) mass is 207 g/mol. The average Bonchev–Trinajstić information content (AvgIpc) is 1.83. The van der Waals surface area contributed by atoms with Crippen molar-refractivity contribution in [1.29, 1.82) is 0 Å².